The number of anilines is 1. The molecule has 21 heavy (non-hydrogen) atoms. The summed E-state index contributed by atoms with van der Waals surface area (Å²) in [6.45, 7) is 3.07. The van der Waals surface area contributed by atoms with Gasteiger partial charge in [-0.3, -0.25) is 14.9 Å². The minimum absolute atomic E-state index is 0.0247. The summed E-state index contributed by atoms with van der Waals surface area (Å²) in [4.78, 5) is 30.4. The summed E-state index contributed by atoms with van der Waals surface area (Å²) in [5.74, 6) is 0.790. The molecule has 0 aliphatic carbocycles. The van der Waals surface area contributed by atoms with Crippen LogP contribution >= 0.6 is 0 Å². The van der Waals surface area contributed by atoms with E-state index >= 15 is 0 Å². The molecule has 0 radical (unpaired) electrons. The first-order chi connectivity index (χ1) is 9.90. The van der Waals surface area contributed by atoms with Crippen LogP contribution in [0.2, 0.25) is 0 Å². The van der Waals surface area contributed by atoms with Crippen LogP contribution in [0, 0.1) is 23.0 Å². The van der Waals surface area contributed by atoms with Crippen LogP contribution in [-0.2, 0) is 4.79 Å². The van der Waals surface area contributed by atoms with Gasteiger partial charge in [0.1, 0.15) is 11.5 Å². The zero-order chi connectivity index (χ0) is 15.6. The Morgan fingerprint density at radius 1 is 1.48 bits per heavy atom. The minimum Gasteiger partial charge on any atom is -0.356 e. The maximum Gasteiger partial charge on any atom is 0.290 e. The lowest BCUT2D eigenvalue weighted by Gasteiger charge is -2.34. The Bertz CT molecular complexity index is 559. The number of carbonyl (C=O) groups excluding carboxylic acids is 1. The van der Waals surface area contributed by atoms with Crippen molar-refractivity contribution < 1.29 is 9.72 Å². The third kappa shape index (κ3) is 3.29. The van der Waals surface area contributed by atoms with Crippen LogP contribution in [0.15, 0.2) is 12.1 Å². The third-order valence-corrected chi connectivity index (χ3v) is 3.78. The molecule has 1 aromatic rings. The number of hydrogen-bond donors (Lipinski definition) is 0. The molecule has 1 aliphatic heterocycles. The van der Waals surface area contributed by atoms with Crippen LogP contribution in [-0.4, -0.2) is 47.9 Å². The molecule has 0 saturated carbocycles. The first-order valence-corrected chi connectivity index (χ1v) is 6.98. The molecule has 0 bridgehead atoms. The fourth-order valence-electron chi connectivity index (χ4n) is 2.66. The Morgan fingerprint density at radius 3 is 2.76 bits per heavy atom. The first kappa shape index (κ1) is 15.2. The lowest BCUT2D eigenvalue weighted by molar-refractivity contribution is -0.385. The van der Waals surface area contributed by atoms with Crippen LogP contribution < -0.4 is 4.90 Å². The summed E-state index contributed by atoms with van der Waals surface area (Å²) in [5, 5.41) is 10.8. The van der Waals surface area contributed by atoms with Crippen molar-refractivity contribution in [3.05, 3.63) is 27.9 Å². The highest BCUT2D eigenvalue weighted by molar-refractivity contribution is 5.79. The van der Waals surface area contributed by atoms with Gasteiger partial charge in [-0.1, -0.05) is 0 Å². The van der Waals surface area contributed by atoms with Gasteiger partial charge >= 0.3 is 0 Å². The molecular weight excluding hydrogens is 272 g/mol. The zero-order valence-electron chi connectivity index (χ0n) is 12.6. The first-order valence-electron chi connectivity index (χ1n) is 6.98. The highest BCUT2D eigenvalue weighted by Crippen LogP contribution is 2.25. The average molecular weight is 292 g/mol. The fourth-order valence-corrected chi connectivity index (χ4v) is 2.66. The highest BCUT2D eigenvalue weighted by Gasteiger charge is 2.28. The Hall–Kier alpha value is -2.18. The molecule has 1 unspecified atom stereocenters. The second kappa shape index (κ2) is 6.07. The number of piperidine rings is 1. The van der Waals surface area contributed by atoms with Gasteiger partial charge in [0.15, 0.2) is 0 Å². The SMILES string of the molecule is Cc1nc(N2CCCC(C(=O)N(C)C)C2)ccc1[N+](=O)[O-]. The minimum atomic E-state index is -0.430. The normalized spacial score (nSPS) is 18.4. The van der Waals surface area contributed by atoms with Crippen molar-refractivity contribution in [1.82, 2.24) is 9.88 Å². The third-order valence-electron chi connectivity index (χ3n) is 3.78. The van der Waals surface area contributed by atoms with Gasteiger partial charge < -0.3 is 9.80 Å². The molecular formula is C14H20N4O3. The van der Waals surface area contributed by atoms with Crippen molar-refractivity contribution >= 4 is 17.4 Å². The van der Waals surface area contributed by atoms with Gasteiger partial charge in [-0.25, -0.2) is 4.98 Å². The molecule has 1 aliphatic rings. The van der Waals surface area contributed by atoms with E-state index in [1.807, 2.05) is 4.90 Å². The predicted molar refractivity (Wildman–Crippen MR) is 79.3 cm³/mol. The molecule has 0 aromatic carbocycles. The van der Waals surface area contributed by atoms with E-state index in [1.165, 1.54) is 6.07 Å². The van der Waals surface area contributed by atoms with E-state index in [-0.39, 0.29) is 17.5 Å². The van der Waals surface area contributed by atoms with Crippen LogP contribution in [0.1, 0.15) is 18.5 Å². The number of pyridine rings is 1. The number of amides is 1. The molecule has 1 atom stereocenters. The topological polar surface area (TPSA) is 79.6 Å². The molecule has 7 nitrogen and oxygen atoms in total. The number of nitrogens with zero attached hydrogens (tertiary/aromatic N) is 4. The predicted octanol–water partition coefficient (Wildman–Crippen LogP) is 1.60. The molecule has 0 spiro atoms. The molecule has 7 heteroatoms. The molecule has 2 heterocycles. The largest absolute Gasteiger partial charge is 0.356 e. The Balaban J connectivity index is 2.16. The standard InChI is InChI=1S/C14H20N4O3/c1-10-12(18(20)21)6-7-13(15-10)17-8-4-5-11(9-17)14(19)16(2)3/h6-7,11H,4-5,8-9H2,1-3H3. The highest BCUT2D eigenvalue weighted by atomic mass is 16.6. The van der Waals surface area contributed by atoms with Crippen LogP contribution in [0.4, 0.5) is 11.5 Å². The van der Waals surface area contributed by atoms with Crippen molar-refractivity contribution in [2.45, 2.75) is 19.8 Å². The van der Waals surface area contributed by atoms with Gasteiger partial charge in [0.05, 0.1) is 10.8 Å². The molecule has 114 valence electrons. The molecule has 1 saturated heterocycles. The molecule has 2 rings (SSSR count). The molecule has 0 N–H and O–H groups in total. The molecule has 1 fully saturated rings. The van der Waals surface area contributed by atoms with Crippen molar-refractivity contribution in [1.29, 1.82) is 0 Å². The van der Waals surface area contributed by atoms with E-state index in [2.05, 4.69) is 4.98 Å². The number of aromatic nitrogens is 1. The average Bonchev–Trinajstić information content (AvgIpc) is 2.46. The van der Waals surface area contributed by atoms with Gasteiger partial charge in [0, 0.05) is 33.3 Å². The zero-order valence-corrected chi connectivity index (χ0v) is 12.6. The van der Waals surface area contributed by atoms with Crippen molar-refractivity contribution in [3.8, 4) is 0 Å². The summed E-state index contributed by atoms with van der Waals surface area (Å²) < 4.78 is 0. The van der Waals surface area contributed by atoms with Crippen molar-refractivity contribution in [2.75, 3.05) is 32.1 Å². The number of carbonyl (C=O) groups is 1. The van der Waals surface area contributed by atoms with Crippen LogP contribution in [0.5, 0.6) is 0 Å². The number of nitro groups is 1. The van der Waals surface area contributed by atoms with Crippen LogP contribution in [0.25, 0.3) is 0 Å². The van der Waals surface area contributed by atoms with E-state index in [0.29, 0.717) is 18.1 Å². The summed E-state index contributed by atoms with van der Waals surface area (Å²) >= 11 is 0. The smallest absolute Gasteiger partial charge is 0.290 e. The van der Waals surface area contributed by atoms with Gasteiger partial charge in [0.25, 0.3) is 5.69 Å². The second-order valence-electron chi connectivity index (χ2n) is 5.55. The Morgan fingerprint density at radius 2 is 2.19 bits per heavy atom. The Labute approximate surface area is 123 Å². The van der Waals surface area contributed by atoms with E-state index in [0.717, 1.165) is 19.4 Å². The summed E-state index contributed by atoms with van der Waals surface area (Å²) in [7, 11) is 3.52. The van der Waals surface area contributed by atoms with Gasteiger partial charge in [-0.2, -0.15) is 0 Å². The lowest BCUT2D eigenvalue weighted by Crippen LogP contribution is -2.43. The molecule has 1 amide bonds. The van der Waals surface area contributed by atoms with Crippen molar-refractivity contribution in [3.63, 3.8) is 0 Å². The number of rotatable bonds is 3. The molecule has 1 aromatic heterocycles. The number of aryl methyl sites for hydroxylation is 1. The fraction of sp³-hybridized carbons (Fsp3) is 0.571. The quantitative estimate of drug-likeness (QED) is 0.624. The summed E-state index contributed by atoms with van der Waals surface area (Å²) in [6, 6.07) is 3.14. The lowest BCUT2D eigenvalue weighted by atomic mass is 9.96. The van der Waals surface area contributed by atoms with Crippen LogP contribution in [0.3, 0.4) is 0 Å². The van der Waals surface area contributed by atoms with E-state index in [4.69, 9.17) is 0 Å². The Kier molecular flexibility index (Phi) is 4.40. The number of hydrogen-bond acceptors (Lipinski definition) is 5. The summed E-state index contributed by atoms with van der Waals surface area (Å²) in [6.07, 6.45) is 1.79. The van der Waals surface area contributed by atoms with E-state index in [1.54, 1.807) is 32.0 Å². The summed E-state index contributed by atoms with van der Waals surface area (Å²) in [5.41, 5.74) is 0.426. The van der Waals surface area contributed by atoms with Gasteiger partial charge in [-0.15, -0.1) is 0 Å². The second-order valence-corrected chi connectivity index (χ2v) is 5.55. The monoisotopic (exact) mass is 292 g/mol. The van der Waals surface area contributed by atoms with Gasteiger partial charge in [0.2, 0.25) is 5.91 Å². The van der Waals surface area contributed by atoms with Gasteiger partial charge in [-0.05, 0) is 25.8 Å². The maximum atomic E-state index is 12.1. The maximum absolute atomic E-state index is 12.1. The van der Waals surface area contributed by atoms with E-state index in [9.17, 15) is 14.9 Å². The van der Waals surface area contributed by atoms with Crippen molar-refractivity contribution in [2.24, 2.45) is 5.92 Å². The van der Waals surface area contributed by atoms with E-state index < -0.39 is 4.92 Å².